The summed E-state index contributed by atoms with van der Waals surface area (Å²) in [5.41, 5.74) is 0. The summed E-state index contributed by atoms with van der Waals surface area (Å²) in [5.74, 6) is 1.03. The highest BCUT2D eigenvalue weighted by Crippen LogP contribution is 2.32. The van der Waals surface area contributed by atoms with Gasteiger partial charge in [-0.15, -0.1) is 0 Å². The summed E-state index contributed by atoms with van der Waals surface area (Å²) in [6, 6.07) is 0.970. The SMILES string of the molecule is C.CCC1CCCN2CCCCC12. The van der Waals surface area contributed by atoms with Gasteiger partial charge in [0.25, 0.3) is 0 Å². The smallest absolute Gasteiger partial charge is 0.0123 e. The third kappa shape index (κ3) is 2.25. The zero-order valence-corrected chi connectivity index (χ0v) is 8.26. The van der Waals surface area contributed by atoms with E-state index in [1.807, 2.05) is 0 Å². The van der Waals surface area contributed by atoms with Gasteiger partial charge >= 0.3 is 0 Å². The van der Waals surface area contributed by atoms with Crippen LogP contribution in [0.1, 0.15) is 52.9 Å². The van der Waals surface area contributed by atoms with Crippen LogP contribution in [-0.4, -0.2) is 24.0 Å². The highest BCUT2D eigenvalue weighted by molar-refractivity contribution is 4.86. The van der Waals surface area contributed by atoms with Crippen LogP contribution in [0.25, 0.3) is 0 Å². The van der Waals surface area contributed by atoms with Gasteiger partial charge in [0.2, 0.25) is 0 Å². The zero-order chi connectivity index (χ0) is 8.39. The van der Waals surface area contributed by atoms with Crippen LogP contribution in [0.15, 0.2) is 0 Å². The van der Waals surface area contributed by atoms with Crippen LogP contribution in [0.5, 0.6) is 0 Å². The van der Waals surface area contributed by atoms with E-state index < -0.39 is 0 Å². The molecule has 0 spiro atoms. The summed E-state index contributed by atoms with van der Waals surface area (Å²) < 4.78 is 0. The monoisotopic (exact) mass is 183 g/mol. The van der Waals surface area contributed by atoms with E-state index in [1.165, 1.54) is 51.6 Å². The summed E-state index contributed by atoms with van der Waals surface area (Å²) in [7, 11) is 0. The van der Waals surface area contributed by atoms with E-state index in [-0.39, 0.29) is 7.43 Å². The van der Waals surface area contributed by atoms with Gasteiger partial charge in [0.1, 0.15) is 0 Å². The Kier molecular flexibility index (Phi) is 4.24. The van der Waals surface area contributed by atoms with E-state index >= 15 is 0 Å². The lowest BCUT2D eigenvalue weighted by Gasteiger charge is -2.44. The second-order valence-electron chi connectivity index (χ2n) is 4.41. The molecule has 0 aromatic carbocycles. The number of fused-ring (bicyclic) bond motifs is 1. The minimum Gasteiger partial charge on any atom is -0.300 e. The second kappa shape index (κ2) is 4.99. The minimum absolute atomic E-state index is 0. The molecule has 0 saturated carbocycles. The Bertz CT molecular complexity index is 135. The third-order valence-corrected chi connectivity index (χ3v) is 3.75. The number of piperidine rings is 2. The van der Waals surface area contributed by atoms with Gasteiger partial charge < -0.3 is 4.90 Å². The largest absolute Gasteiger partial charge is 0.300 e. The topological polar surface area (TPSA) is 3.24 Å². The zero-order valence-electron chi connectivity index (χ0n) is 8.26. The van der Waals surface area contributed by atoms with Gasteiger partial charge in [-0.25, -0.2) is 0 Å². The average molecular weight is 183 g/mol. The van der Waals surface area contributed by atoms with Crippen molar-refractivity contribution >= 4 is 0 Å². The first-order valence-corrected chi connectivity index (χ1v) is 5.66. The Hall–Kier alpha value is -0.0400. The van der Waals surface area contributed by atoms with E-state index in [1.54, 1.807) is 0 Å². The first kappa shape index (κ1) is 11.0. The first-order valence-electron chi connectivity index (χ1n) is 5.66. The van der Waals surface area contributed by atoms with Crippen LogP contribution in [-0.2, 0) is 0 Å². The number of hydrogen-bond donors (Lipinski definition) is 0. The Balaban J connectivity index is 0.000000845. The van der Waals surface area contributed by atoms with Crippen molar-refractivity contribution < 1.29 is 0 Å². The Morgan fingerprint density at radius 2 is 1.85 bits per heavy atom. The summed E-state index contributed by atoms with van der Waals surface area (Å²) in [6.45, 7) is 5.14. The van der Waals surface area contributed by atoms with Crippen LogP contribution in [0.3, 0.4) is 0 Å². The molecule has 2 unspecified atom stereocenters. The number of rotatable bonds is 1. The van der Waals surface area contributed by atoms with Gasteiger partial charge in [-0.3, -0.25) is 0 Å². The van der Waals surface area contributed by atoms with Crippen LogP contribution < -0.4 is 0 Å². The molecule has 2 aliphatic heterocycles. The minimum atomic E-state index is 0. The molecule has 2 saturated heterocycles. The third-order valence-electron chi connectivity index (χ3n) is 3.75. The second-order valence-corrected chi connectivity index (χ2v) is 4.41. The molecule has 2 fully saturated rings. The first-order chi connectivity index (χ1) is 5.92. The lowest BCUT2D eigenvalue weighted by Crippen LogP contribution is -2.47. The molecule has 0 aliphatic carbocycles. The van der Waals surface area contributed by atoms with E-state index in [0.29, 0.717) is 0 Å². The summed E-state index contributed by atoms with van der Waals surface area (Å²) in [6.07, 6.45) is 8.77. The van der Waals surface area contributed by atoms with Crippen molar-refractivity contribution in [3.63, 3.8) is 0 Å². The van der Waals surface area contributed by atoms with Gasteiger partial charge in [-0.05, 0) is 44.7 Å². The van der Waals surface area contributed by atoms with Gasteiger partial charge in [0.15, 0.2) is 0 Å². The van der Waals surface area contributed by atoms with Crippen molar-refractivity contribution in [2.45, 2.75) is 58.9 Å². The number of nitrogens with zero attached hydrogens (tertiary/aromatic N) is 1. The van der Waals surface area contributed by atoms with Gasteiger partial charge in [0, 0.05) is 6.04 Å². The molecule has 0 aromatic rings. The van der Waals surface area contributed by atoms with Crippen LogP contribution in [0, 0.1) is 5.92 Å². The van der Waals surface area contributed by atoms with Crippen molar-refractivity contribution in [2.75, 3.05) is 13.1 Å². The highest BCUT2D eigenvalue weighted by Gasteiger charge is 2.31. The molecule has 1 nitrogen and oxygen atoms in total. The lowest BCUT2D eigenvalue weighted by atomic mass is 9.82. The van der Waals surface area contributed by atoms with Gasteiger partial charge in [0.05, 0.1) is 0 Å². The summed E-state index contributed by atoms with van der Waals surface area (Å²) >= 11 is 0. The summed E-state index contributed by atoms with van der Waals surface area (Å²) in [4.78, 5) is 2.75. The number of hydrogen-bond acceptors (Lipinski definition) is 1. The molecule has 0 radical (unpaired) electrons. The maximum absolute atomic E-state index is 2.75. The van der Waals surface area contributed by atoms with E-state index in [2.05, 4.69) is 11.8 Å². The molecule has 0 bridgehead atoms. The average Bonchev–Trinajstić information content (AvgIpc) is 2.17. The van der Waals surface area contributed by atoms with Crippen LogP contribution in [0.2, 0.25) is 0 Å². The van der Waals surface area contributed by atoms with Gasteiger partial charge in [-0.1, -0.05) is 27.2 Å². The van der Waals surface area contributed by atoms with Crippen molar-refractivity contribution in [3.8, 4) is 0 Å². The van der Waals surface area contributed by atoms with Gasteiger partial charge in [-0.2, -0.15) is 0 Å². The Morgan fingerprint density at radius 3 is 2.62 bits per heavy atom. The van der Waals surface area contributed by atoms with Crippen molar-refractivity contribution in [1.82, 2.24) is 4.90 Å². The predicted molar refractivity (Wildman–Crippen MR) is 59.0 cm³/mol. The van der Waals surface area contributed by atoms with Crippen molar-refractivity contribution in [1.29, 1.82) is 0 Å². The molecule has 0 N–H and O–H groups in total. The quantitative estimate of drug-likeness (QED) is 0.603. The molecule has 2 aliphatic rings. The fourth-order valence-corrected chi connectivity index (χ4v) is 3.05. The van der Waals surface area contributed by atoms with Crippen LogP contribution in [0.4, 0.5) is 0 Å². The lowest BCUT2D eigenvalue weighted by molar-refractivity contribution is 0.0580. The predicted octanol–water partition coefficient (Wildman–Crippen LogP) is 3.30. The highest BCUT2D eigenvalue weighted by atomic mass is 15.2. The molecule has 1 heteroatoms. The molecule has 2 atom stereocenters. The fraction of sp³-hybridized carbons (Fsp3) is 1.00. The summed E-state index contributed by atoms with van der Waals surface area (Å²) in [5, 5.41) is 0. The standard InChI is InChI=1S/C11H21N.CH4/c1-2-10-6-5-9-12-8-4-3-7-11(10)12;/h10-11H,2-9H2,1H3;1H4. The molecule has 0 aromatic heterocycles. The normalized spacial score (nSPS) is 34.8. The van der Waals surface area contributed by atoms with E-state index in [0.717, 1.165) is 12.0 Å². The molecule has 2 heterocycles. The van der Waals surface area contributed by atoms with E-state index in [9.17, 15) is 0 Å². The maximum Gasteiger partial charge on any atom is 0.0123 e. The molecule has 2 rings (SSSR count). The van der Waals surface area contributed by atoms with Crippen molar-refractivity contribution in [2.24, 2.45) is 5.92 Å². The molecular formula is C12H25N. The molecule has 78 valence electrons. The molecule has 0 amide bonds. The van der Waals surface area contributed by atoms with Crippen LogP contribution >= 0.6 is 0 Å². The fourth-order valence-electron chi connectivity index (χ4n) is 3.05. The maximum atomic E-state index is 2.75. The Morgan fingerprint density at radius 1 is 1.08 bits per heavy atom. The Labute approximate surface area is 83.5 Å². The molecular weight excluding hydrogens is 158 g/mol. The van der Waals surface area contributed by atoms with E-state index in [4.69, 9.17) is 0 Å². The molecule has 13 heavy (non-hydrogen) atoms. The van der Waals surface area contributed by atoms with Crippen molar-refractivity contribution in [3.05, 3.63) is 0 Å².